The molecule has 0 spiro atoms. The summed E-state index contributed by atoms with van der Waals surface area (Å²) in [7, 11) is 0. The highest BCUT2D eigenvalue weighted by atomic mass is 32.1. The number of piperidine rings is 1. The number of hydrogen-bond acceptors (Lipinski definition) is 5. The van der Waals surface area contributed by atoms with Gasteiger partial charge < -0.3 is 10.6 Å². The van der Waals surface area contributed by atoms with Crippen LogP contribution in [0.2, 0.25) is 0 Å². The molecule has 1 amide bonds. The summed E-state index contributed by atoms with van der Waals surface area (Å²) in [6, 6.07) is 4.71. The van der Waals surface area contributed by atoms with E-state index in [-0.39, 0.29) is 11.9 Å². The van der Waals surface area contributed by atoms with Gasteiger partial charge >= 0.3 is 0 Å². The fraction of sp³-hybridized carbons (Fsp3) is 0.500. The van der Waals surface area contributed by atoms with Gasteiger partial charge in [0.25, 0.3) is 5.91 Å². The molecule has 1 aliphatic heterocycles. The number of rotatable bonds is 4. The molecule has 6 nitrogen and oxygen atoms in total. The van der Waals surface area contributed by atoms with Crippen LogP contribution in [0.1, 0.15) is 35.1 Å². The van der Waals surface area contributed by atoms with E-state index in [4.69, 9.17) is 0 Å². The van der Waals surface area contributed by atoms with Gasteiger partial charge in [-0.25, -0.2) is 4.68 Å². The van der Waals surface area contributed by atoms with Crippen molar-refractivity contribution >= 4 is 17.2 Å². The Morgan fingerprint density at radius 2 is 2.52 bits per heavy atom. The molecule has 21 heavy (non-hydrogen) atoms. The van der Waals surface area contributed by atoms with Gasteiger partial charge in [0, 0.05) is 17.0 Å². The molecule has 3 heterocycles. The number of hydrogen-bond donors (Lipinski definition) is 2. The monoisotopic (exact) mass is 305 g/mol. The molecule has 2 aromatic rings. The van der Waals surface area contributed by atoms with Crippen molar-refractivity contribution in [3.8, 4) is 0 Å². The second-order valence-electron chi connectivity index (χ2n) is 5.43. The summed E-state index contributed by atoms with van der Waals surface area (Å²) < 4.78 is 1.70. The van der Waals surface area contributed by atoms with Crippen LogP contribution in [-0.2, 0) is 6.54 Å². The second-order valence-corrected chi connectivity index (χ2v) is 6.46. The second kappa shape index (κ2) is 6.36. The predicted molar refractivity (Wildman–Crippen MR) is 81.4 cm³/mol. The normalized spacial score (nSPS) is 22.1. The predicted octanol–water partition coefficient (Wildman–Crippen LogP) is 1.26. The lowest BCUT2D eigenvalue weighted by Gasteiger charge is -2.28. The highest BCUT2D eigenvalue weighted by Gasteiger charge is 2.21. The summed E-state index contributed by atoms with van der Waals surface area (Å²) in [6.07, 6.45) is 3.62. The van der Waals surface area contributed by atoms with Crippen molar-refractivity contribution in [2.75, 3.05) is 6.54 Å². The van der Waals surface area contributed by atoms with Crippen LogP contribution in [0.3, 0.4) is 0 Å². The minimum Gasteiger partial charge on any atom is -0.348 e. The van der Waals surface area contributed by atoms with E-state index in [9.17, 15) is 4.79 Å². The van der Waals surface area contributed by atoms with Gasteiger partial charge in [-0.2, -0.15) is 0 Å². The molecule has 7 heteroatoms. The standard InChI is InChI=1S/C14H19N5OS/c1-10-7-11(4-5-15-10)16-14(20)13-9-19(18-17-13)8-12-3-2-6-21-12/h2-3,6,9-11,15H,4-5,7-8H2,1H3,(H,16,20). The Balaban J connectivity index is 1.58. The Morgan fingerprint density at radius 1 is 1.62 bits per heavy atom. The zero-order valence-electron chi connectivity index (χ0n) is 12.0. The minimum absolute atomic E-state index is 0.133. The number of amides is 1. The Bertz CT molecular complexity index is 594. The lowest BCUT2D eigenvalue weighted by atomic mass is 10.0. The van der Waals surface area contributed by atoms with Crippen LogP contribution in [-0.4, -0.2) is 39.5 Å². The molecule has 2 N–H and O–H groups in total. The van der Waals surface area contributed by atoms with Gasteiger partial charge in [0.1, 0.15) is 0 Å². The molecule has 2 unspecified atom stereocenters. The summed E-state index contributed by atoms with van der Waals surface area (Å²) in [4.78, 5) is 13.4. The van der Waals surface area contributed by atoms with Crippen molar-refractivity contribution in [2.45, 2.75) is 38.4 Å². The summed E-state index contributed by atoms with van der Waals surface area (Å²) in [5.74, 6) is -0.133. The number of thiophene rings is 1. The first-order valence-electron chi connectivity index (χ1n) is 7.17. The first kappa shape index (κ1) is 14.2. The van der Waals surface area contributed by atoms with E-state index in [1.54, 1.807) is 22.2 Å². The third kappa shape index (κ3) is 3.68. The summed E-state index contributed by atoms with van der Waals surface area (Å²) in [6.45, 7) is 3.73. The fourth-order valence-electron chi connectivity index (χ4n) is 2.56. The summed E-state index contributed by atoms with van der Waals surface area (Å²) in [5, 5.41) is 16.4. The Kier molecular flexibility index (Phi) is 4.31. The van der Waals surface area contributed by atoms with Crippen molar-refractivity contribution < 1.29 is 4.79 Å². The van der Waals surface area contributed by atoms with Gasteiger partial charge in [-0.05, 0) is 37.8 Å². The molecule has 2 atom stereocenters. The molecule has 0 bridgehead atoms. The van der Waals surface area contributed by atoms with Gasteiger partial charge in [-0.1, -0.05) is 11.3 Å². The summed E-state index contributed by atoms with van der Waals surface area (Å²) in [5.41, 5.74) is 0.387. The lowest BCUT2D eigenvalue weighted by molar-refractivity contribution is 0.0920. The van der Waals surface area contributed by atoms with Crippen LogP contribution in [0.15, 0.2) is 23.7 Å². The fourth-order valence-corrected chi connectivity index (χ4v) is 3.26. The number of nitrogens with zero attached hydrogens (tertiary/aromatic N) is 3. The average Bonchev–Trinajstić information content (AvgIpc) is 3.11. The van der Waals surface area contributed by atoms with Gasteiger partial charge in [0.2, 0.25) is 0 Å². The number of aromatic nitrogens is 3. The van der Waals surface area contributed by atoms with Crippen molar-refractivity contribution in [1.29, 1.82) is 0 Å². The van der Waals surface area contributed by atoms with Gasteiger partial charge in [0.15, 0.2) is 5.69 Å². The molecule has 0 radical (unpaired) electrons. The van der Waals surface area contributed by atoms with Crippen molar-refractivity contribution in [1.82, 2.24) is 25.6 Å². The van der Waals surface area contributed by atoms with Crippen LogP contribution >= 0.6 is 11.3 Å². The van der Waals surface area contributed by atoms with Crippen molar-refractivity contribution in [3.63, 3.8) is 0 Å². The van der Waals surface area contributed by atoms with E-state index >= 15 is 0 Å². The molecule has 1 fully saturated rings. The lowest BCUT2D eigenvalue weighted by Crippen LogP contribution is -2.46. The van der Waals surface area contributed by atoms with Gasteiger partial charge in [0.05, 0.1) is 12.7 Å². The molecular weight excluding hydrogens is 286 g/mol. The zero-order chi connectivity index (χ0) is 14.7. The number of nitrogens with one attached hydrogen (secondary N) is 2. The van der Waals surface area contributed by atoms with E-state index in [0.717, 1.165) is 19.4 Å². The van der Waals surface area contributed by atoms with E-state index in [1.807, 2.05) is 17.5 Å². The molecule has 0 saturated carbocycles. The molecule has 2 aromatic heterocycles. The number of carbonyl (C=O) groups excluding carboxylic acids is 1. The third-order valence-electron chi connectivity index (χ3n) is 3.63. The quantitative estimate of drug-likeness (QED) is 0.892. The molecule has 112 valence electrons. The maximum atomic E-state index is 12.2. The Labute approximate surface area is 127 Å². The van der Waals surface area contributed by atoms with Crippen LogP contribution < -0.4 is 10.6 Å². The first-order valence-corrected chi connectivity index (χ1v) is 8.05. The largest absolute Gasteiger partial charge is 0.348 e. The Morgan fingerprint density at radius 3 is 3.29 bits per heavy atom. The van der Waals surface area contributed by atoms with E-state index in [0.29, 0.717) is 18.3 Å². The van der Waals surface area contributed by atoms with Crippen molar-refractivity contribution in [3.05, 3.63) is 34.3 Å². The zero-order valence-corrected chi connectivity index (χ0v) is 12.8. The van der Waals surface area contributed by atoms with Crippen LogP contribution in [0.4, 0.5) is 0 Å². The first-order chi connectivity index (χ1) is 10.2. The highest BCUT2D eigenvalue weighted by molar-refractivity contribution is 7.09. The van der Waals surface area contributed by atoms with E-state index in [1.165, 1.54) is 4.88 Å². The maximum absolute atomic E-state index is 12.2. The molecule has 3 rings (SSSR count). The van der Waals surface area contributed by atoms with Crippen LogP contribution in [0.25, 0.3) is 0 Å². The highest BCUT2D eigenvalue weighted by Crippen LogP contribution is 2.11. The number of carbonyl (C=O) groups is 1. The van der Waals surface area contributed by atoms with E-state index in [2.05, 4.69) is 27.9 Å². The van der Waals surface area contributed by atoms with Crippen molar-refractivity contribution in [2.24, 2.45) is 0 Å². The molecule has 1 saturated heterocycles. The molecule has 0 aliphatic carbocycles. The smallest absolute Gasteiger partial charge is 0.273 e. The van der Waals surface area contributed by atoms with Gasteiger partial charge in [-0.15, -0.1) is 16.4 Å². The van der Waals surface area contributed by atoms with Crippen LogP contribution in [0, 0.1) is 0 Å². The third-order valence-corrected chi connectivity index (χ3v) is 4.49. The topological polar surface area (TPSA) is 71.8 Å². The average molecular weight is 305 g/mol. The molecule has 0 aromatic carbocycles. The molecule has 1 aliphatic rings. The van der Waals surface area contributed by atoms with Crippen LogP contribution in [0.5, 0.6) is 0 Å². The van der Waals surface area contributed by atoms with E-state index < -0.39 is 0 Å². The maximum Gasteiger partial charge on any atom is 0.273 e. The van der Waals surface area contributed by atoms with Gasteiger partial charge in [-0.3, -0.25) is 4.79 Å². The molecular formula is C14H19N5OS. The summed E-state index contributed by atoms with van der Waals surface area (Å²) >= 11 is 1.67. The SMILES string of the molecule is CC1CC(NC(=O)c2cn(Cc3cccs3)nn2)CCN1. The Hall–Kier alpha value is -1.73. The minimum atomic E-state index is -0.133.